The van der Waals surface area contributed by atoms with Crippen LogP contribution in [0.15, 0.2) is 30.4 Å². The first-order chi connectivity index (χ1) is 9.96. The predicted molar refractivity (Wildman–Crippen MR) is 89.1 cm³/mol. The lowest BCUT2D eigenvalue weighted by Gasteiger charge is -2.22. The minimum Gasteiger partial charge on any atom is -0.493 e. The van der Waals surface area contributed by atoms with Gasteiger partial charge < -0.3 is 14.8 Å². The summed E-state index contributed by atoms with van der Waals surface area (Å²) in [4.78, 5) is 0. The lowest BCUT2D eigenvalue weighted by atomic mass is 10.1. The molecule has 1 aromatic rings. The molecule has 0 aliphatic heterocycles. The monoisotopic (exact) mass is 291 g/mol. The smallest absolute Gasteiger partial charge is 0.127 e. The molecular weight excluding hydrogens is 262 g/mol. The van der Waals surface area contributed by atoms with Crippen molar-refractivity contribution >= 4 is 0 Å². The summed E-state index contributed by atoms with van der Waals surface area (Å²) in [7, 11) is 0. The standard InChI is InChI=1S/C18H29NO2/c1-6-8-12-21-17-13-16(20-11-7-2)10-9-15(17)14-19-18(3,4)5/h6,8-10,13,19H,7,11-12,14H2,1-5H3. The molecule has 0 aliphatic carbocycles. The minimum absolute atomic E-state index is 0.0813. The lowest BCUT2D eigenvalue weighted by Crippen LogP contribution is -2.35. The fourth-order valence-electron chi connectivity index (χ4n) is 1.72. The Bertz CT molecular complexity index is 447. The minimum atomic E-state index is 0.0813. The molecule has 0 saturated heterocycles. The van der Waals surface area contributed by atoms with Crippen LogP contribution in [0, 0.1) is 0 Å². The van der Waals surface area contributed by atoms with Crippen LogP contribution in [0.5, 0.6) is 11.5 Å². The van der Waals surface area contributed by atoms with E-state index < -0.39 is 0 Å². The molecule has 21 heavy (non-hydrogen) atoms. The van der Waals surface area contributed by atoms with E-state index in [2.05, 4.69) is 39.1 Å². The Balaban J connectivity index is 2.82. The van der Waals surface area contributed by atoms with Crippen LogP contribution < -0.4 is 14.8 Å². The number of hydrogen-bond acceptors (Lipinski definition) is 3. The van der Waals surface area contributed by atoms with Gasteiger partial charge in [0.2, 0.25) is 0 Å². The van der Waals surface area contributed by atoms with Crippen molar-refractivity contribution in [2.24, 2.45) is 0 Å². The van der Waals surface area contributed by atoms with E-state index in [0.29, 0.717) is 6.61 Å². The van der Waals surface area contributed by atoms with Gasteiger partial charge in [0.05, 0.1) is 6.61 Å². The fraction of sp³-hybridized carbons (Fsp3) is 0.556. The van der Waals surface area contributed by atoms with Crippen molar-refractivity contribution in [3.8, 4) is 11.5 Å². The van der Waals surface area contributed by atoms with Gasteiger partial charge in [-0.25, -0.2) is 0 Å². The molecule has 0 saturated carbocycles. The summed E-state index contributed by atoms with van der Waals surface area (Å²) in [6, 6.07) is 6.07. The zero-order valence-corrected chi connectivity index (χ0v) is 14.0. The number of benzene rings is 1. The van der Waals surface area contributed by atoms with Gasteiger partial charge in [-0.2, -0.15) is 0 Å². The van der Waals surface area contributed by atoms with Crippen molar-refractivity contribution in [2.75, 3.05) is 13.2 Å². The summed E-state index contributed by atoms with van der Waals surface area (Å²) in [6.45, 7) is 12.7. The maximum Gasteiger partial charge on any atom is 0.127 e. The zero-order chi connectivity index (χ0) is 15.7. The molecule has 0 aliphatic rings. The molecule has 1 aromatic carbocycles. The van der Waals surface area contributed by atoms with Crippen molar-refractivity contribution in [1.82, 2.24) is 5.32 Å². The van der Waals surface area contributed by atoms with E-state index in [-0.39, 0.29) is 5.54 Å². The molecule has 118 valence electrons. The van der Waals surface area contributed by atoms with Crippen LogP contribution in [0.25, 0.3) is 0 Å². The van der Waals surface area contributed by atoms with E-state index in [1.54, 1.807) is 0 Å². The van der Waals surface area contributed by atoms with E-state index in [1.165, 1.54) is 0 Å². The Morgan fingerprint density at radius 2 is 1.95 bits per heavy atom. The highest BCUT2D eigenvalue weighted by molar-refractivity contribution is 5.41. The molecule has 1 rings (SSSR count). The average Bonchev–Trinajstić information content (AvgIpc) is 2.43. The van der Waals surface area contributed by atoms with Gasteiger partial charge in [0, 0.05) is 23.7 Å². The van der Waals surface area contributed by atoms with Crippen LogP contribution in [0.3, 0.4) is 0 Å². The summed E-state index contributed by atoms with van der Waals surface area (Å²) in [5, 5.41) is 3.49. The van der Waals surface area contributed by atoms with Gasteiger partial charge in [-0.1, -0.05) is 25.1 Å². The van der Waals surface area contributed by atoms with E-state index in [1.807, 2.05) is 31.2 Å². The Labute approximate surface area is 129 Å². The van der Waals surface area contributed by atoms with Crippen molar-refractivity contribution in [1.29, 1.82) is 0 Å². The van der Waals surface area contributed by atoms with E-state index >= 15 is 0 Å². The highest BCUT2D eigenvalue weighted by atomic mass is 16.5. The molecule has 0 atom stereocenters. The summed E-state index contributed by atoms with van der Waals surface area (Å²) < 4.78 is 11.5. The first kappa shape index (κ1) is 17.6. The fourth-order valence-corrected chi connectivity index (χ4v) is 1.72. The molecule has 0 fully saturated rings. The first-order valence-electron chi connectivity index (χ1n) is 7.71. The normalized spacial score (nSPS) is 11.9. The molecule has 3 heteroatoms. The van der Waals surface area contributed by atoms with Gasteiger partial charge >= 0.3 is 0 Å². The molecule has 0 radical (unpaired) electrons. The molecule has 0 spiro atoms. The second-order valence-electron chi connectivity index (χ2n) is 6.10. The highest BCUT2D eigenvalue weighted by Crippen LogP contribution is 2.25. The first-order valence-corrected chi connectivity index (χ1v) is 7.71. The van der Waals surface area contributed by atoms with Crippen LogP contribution in [-0.2, 0) is 6.54 Å². The van der Waals surface area contributed by atoms with Gasteiger partial charge in [-0.15, -0.1) is 0 Å². The zero-order valence-electron chi connectivity index (χ0n) is 14.0. The van der Waals surface area contributed by atoms with Crippen LogP contribution in [0.1, 0.15) is 46.6 Å². The van der Waals surface area contributed by atoms with Gasteiger partial charge in [0.1, 0.15) is 18.1 Å². The number of allylic oxidation sites excluding steroid dienone is 1. The maximum atomic E-state index is 5.86. The molecule has 0 aromatic heterocycles. The SMILES string of the molecule is CC=CCOc1cc(OCCC)ccc1CNC(C)(C)C. The Morgan fingerprint density at radius 3 is 2.57 bits per heavy atom. The molecule has 0 amide bonds. The van der Waals surface area contributed by atoms with Crippen LogP contribution in [0.4, 0.5) is 0 Å². The Morgan fingerprint density at radius 1 is 1.19 bits per heavy atom. The number of hydrogen-bond donors (Lipinski definition) is 1. The van der Waals surface area contributed by atoms with Crippen molar-refractivity contribution in [3.63, 3.8) is 0 Å². The van der Waals surface area contributed by atoms with E-state index in [4.69, 9.17) is 9.47 Å². The third kappa shape index (κ3) is 7.19. The van der Waals surface area contributed by atoms with Crippen molar-refractivity contribution < 1.29 is 9.47 Å². The molecule has 0 bridgehead atoms. The number of nitrogens with one attached hydrogen (secondary N) is 1. The average molecular weight is 291 g/mol. The van der Waals surface area contributed by atoms with E-state index in [0.717, 1.165) is 36.6 Å². The second-order valence-corrected chi connectivity index (χ2v) is 6.10. The lowest BCUT2D eigenvalue weighted by molar-refractivity contribution is 0.310. The van der Waals surface area contributed by atoms with Crippen LogP contribution in [-0.4, -0.2) is 18.8 Å². The predicted octanol–water partition coefficient (Wildman–Crippen LogP) is 4.32. The number of ether oxygens (including phenoxy) is 2. The van der Waals surface area contributed by atoms with Gasteiger partial charge in [0.15, 0.2) is 0 Å². The summed E-state index contributed by atoms with van der Waals surface area (Å²) in [5.74, 6) is 1.75. The quantitative estimate of drug-likeness (QED) is 0.724. The summed E-state index contributed by atoms with van der Waals surface area (Å²) >= 11 is 0. The largest absolute Gasteiger partial charge is 0.493 e. The Hall–Kier alpha value is -1.48. The maximum absolute atomic E-state index is 5.86. The highest BCUT2D eigenvalue weighted by Gasteiger charge is 2.12. The summed E-state index contributed by atoms with van der Waals surface area (Å²) in [6.07, 6.45) is 4.99. The molecule has 3 nitrogen and oxygen atoms in total. The van der Waals surface area contributed by atoms with Crippen LogP contribution in [0.2, 0.25) is 0 Å². The summed E-state index contributed by atoms with van der Waals surface area (Å²) in [5.41, 5.74) is 1.23. The number of rotatable bonds is 8. The van der Waals surface area contributed by atoms with Crippen molar-refractivity contribution in [3.05, 3.63) is 35.9 Å². The Kier molecular flexibility index (Phi) is 7.30. The molecular formula is C18H29NO2. The van der Waals surface area contributed by atoms with Gasteiger partial charge in [-0.05, 0) is 40.2 Å². The van der Waals surface area contributed by atoms with E-state index in [9.17, 15) is 0 Å². The van der Waals surface area contributed by atoms with Gasteiger partial charge in [0.25, 0.3) is 0 Å². The third-order valence-electron chi connectivity index (χ3n) is 2.89. The van der Waals surface area contributed by atoms with Crippen molar-refractivity contribution in [2.45, 2.75) is 53.1 Å². The topological polar surface area (TPSA) is 30.5 Å². The van der Waals surface area contributed by atoms with Gasteiger partial charge in [-0.3, -0.25) is 0 Å². The van der Waals surface area contributed by atoms with Crippen LogP contribution >= 0.6 is 0 Å². The third-order valence-corrected chi connectivity index (χ3v) is 2.89. The molecule has 0 unspecified atom stereocenters. The molecule has 0 heterocycles. The molecule has 1 N–H and O–H groups in total. The second kappa shape index (κ2) is 8.73.